The van der Waals surface area contributed by atoms with Crippen molar-refractivity contribution in [3.63, 3.8) is 0 Å². The Balaban J connectivity index is 1.69. The maximum absolute atomic E-state index is 12.3. The van der Waals surface area contributed by atoms with E-state index in [1.807, 2.05) is 35.6 Å². The highest BCUT2D eigenvalue weighted by Crippen LogP contribution is 2.29. The third-order valence-corrected chi connectivity index (χ3v) is 4.20. The lowest BCUT2D eigenvalue weighted by Gasteiger charge is -2.18. The van der Waals surface area contributed by atoms with E-state index in [1.54, 1.807) is 0 Å². The molecule has 0 saturated carbocycles. The molecule has 1 fully saturated rings. The van der Waals surface area contributed by atoms with Crippen molar-refractivity contribution in [2.24, 2.45) is 5.92 Å². The Kier molecular flexibility index (Phi) is 4.27. The van der Waals surface area contributed by atoms with E-state index < -0.39 is 0 Å². The minimum atomic E-state index is 0.242. The van der Waals surface area contributed by atoms with Crippen molar-refractivity contribution in [1.82, 2.24) is 14.5 Å². The maximum Gasteiger partial charge on any atom is 0.223 e. The Morgan fingerprint density at radius 2 is 2.05 bits per heavy atom. The van der Waals surface area contributed by atoms with Crippen LogP contribution in [-0.2, 0) is 17.9 Å². The fourth-order valence-electron chi connectivity index (χ4n) is 3.11. The van der Waals surface area contributed by atoms with Crippen LogP contribution in [0.5, 0.6) is 0 Å². The number of aromatic nitrogens is 2. The topological polar surface area (TPSA) is 38.1 Å². The monoisotopic (exact) mass is 297 g/mol. The van der Waals surface area contributed by atoms with Crippen molar-refractivity contribution in [2.75, 3.05) is 6.54 Å². The average molecular weight is 297 g/mol. The molecule has 0 aliphatic carbocycles. The van der Waals surface area contributed by atoms with Gasteiger partial charge < -0.3 is 9.47 Å². The molecular formula is C18H23N3O. The SMILES string of the molecule is CC(C)Cn1cncc1CN1C[C@@H](c2ccccc2)CC1=O. The lowest BCUT2D eigenvalue weighted by Crippen LogP contribution is -2.26. The highest BCUT2D eigenvalue weighted by Gasteiger charge is 2.30. The summed E-state index contributed by atoms with van der Waals surface area (Å²) in [6, 6.07) is 10.3. The maximum atomic E-state index is 12.3. The zero-order valence-corrected chi connectivity index (χ0v) is 13.3. The summed E-state index contributed by atoms with van der Waals surface area (Å²) in [5.74, 6) is 1.13. The smallest absolute Gasteiger partial charge is 0.223 e. The van der Waals surface area contributed by atoms with Gasteiger partial charge in [-0.15, -0.1) is 0 Å². The molecule has 0 spiro atoms. The molecule has 2 heterocycles. The van der Waals surface area contributed by atoms with Crippen molar-refractivity contribution in [3.8, 4) is 0 Å². The number of hydrogen-bond donors (Lipinski definition) is 0. The first-order chi connectivity index (χ1) is 10.6. The summed E-state index contributed by atoms with van der Waals surface area (Å²) in [4.78, 5) is 18.5. The van der Waals surface area contributed by atoms with Gasteiger partial charge in [0.25, 0.3) is 0 Å². The number of hydrogen-bond acceptors (Lipinski definition) is 2. The van der Waals surface area contributed by atoms with Gasteiger partial charge in [0, 0.05) is 31.6 Å². The number of rotatable bonds is 5. The number of amides is 1. The van der Waals surface area contributed by atoms with Gasteiger partial charge in [0.2, 0.25) is 5.91 Å². The van der Waals surface area contributed by atoms with Gasteiger partial charge in [0.05, 0.1) is 18.6 Å². The molecule has 1 aliphatic heterocycles. The molecule has 0 N–H and O–H groups in total. The van der Waals surface area contributed by atoms with Gasteiger partial charge in [-0.3, -0.25) is 4.79 Å². The molecule has 0 radical (unpaired) electrons. The van der Waals surface area contributed by atoms with Crippen LogP contribution in [0.25, 0.3) is 0 Å². The van der Waals surface area contributed by atoms with Gasteiger partial charge in [-0.05, 0) is 11.5 Å². The van der Waals surface area contributed by atoms with E-state index in [2.05, 4.69) is 35.5 Å². The Hall–Kier alpha value is -2.10. The molecule has 116 valence electrons. The van der Waals surface area contributed by atoms with Crippen LogP contribution < -0.4 is 0 Å². The van der Waals surface area contributed by atoms with E-state index in [0.717, 1.165) is 18.8 Å². The van der Waals surface area contributed by atoms with Gasteiger partial charge in [-0.25, -0.2) is 4.98 Å². The summed E-state index contributed by atoms with van der Waals surface area (Å²) >= 11 is 0. The van der Waals surface area contributed by atoms with Crippen LogP contribution in [0, 0.1) is 5.92 Å². The van der Waals surface area contributed by atoms with E-state index in [-0.39, 0.29) is 5.91 Å². The quantitative estimate of drug-likeness (QED) is 0.850. The van der Waals surface area contributed by atoms with Crippen molar-refractivity contribution in [1.29, 1.82) is 0 Å². The van der Waals surface area contributed by atoms with Gasteiger partial charge in [0.15, 0.2) is 0 Å². The van der Waals surface area contributed by atoms with Crippen LogP contribution in [0.1, 0.15) is 37.4 Å². The van der Waals surface area contributed by atoms with Crippen molar-refractivity contribution >= 4 is 5.91 Å². The van der Waals surface area contributed by atoms with E-state index in [9.17, 15) is 4.79 Å². The Morgan fingerprint density at radius 3 is 2.77 bits per heavy atom. The predicted octanol–water partition coefficient (Wildman–Crippen LogP) is 3.06. The highest BCUT2D eigenvalue weighted by molar-refractivity contribution is 5.79. The van der Waals surface area contributed by atoms with Crippen molar-refractivity contribution < 1.29 is 4.79 Å². The number of carbonyl (C=O) groups excluding carboxylic acids is 1. The van der Waals surface area contributed by atoms with Crippen molar-refractivity contribution in [2.45, 2.75) is 39.3 Å². The second-order valence-electron chi connectivity index (χ2n) is 6.52. The normalized spacial score (nSPS) is 18.4. The summed E-state index contributed by atoms with van der Waals surface area (Å²) < 4.78 is 2.16. The number of likely N-dealkylation sites (tertiary alicyclic amines) is 1. The molecule has 1 aromatic carbocycles. The lowest BCUT2D eigenvalue weighted by molar-refractivity contribution is -0.128. The molecule has 1 aromatic heterocycles. The Labute approximate surface area is 131 Å². The largest absolute Gasteiger partial charge is 0.336 e. The van der Waals surface area contributed by atoms with E-state index in [1.165, 1.54) is 5.56 Å². The van der Waals surface area contributed by atoms with Crippen LogP contribution >= 0.6 is 0 Å². The molecule has 1 aliphatic rings. The summed E-state index contributed by atoms with van der Waals surface area (Å²) in [6.45, 7) is 6.79. The van der Waals surface area contributed by atoms with E-state index >= 15 is 0 Å². The molecular weight excluding hydrogens is 274 g/mol. The minimum absolute atomic E-state index is 0.242. The Bertz CT molecular complexity index is 633. The molecule has 4 nitrogen and oxygen atoms in total. The van der Waals surface area contributed by atoms with Crippen LogP contribution in [-0.4, -0.2) is 26.9 Å². The fraction of sp³-hybridized carbons (Fsp3) is 0.444. The molecule has 2 aromatic rings. The second kappa shape index (κ2) is 6.34. The van der Waals surface area contributed by atoms with Gasteiger partial charge in [0.1, 0.15) is 0 Å². The molecule has 1 amide bonds. The summed E-state index contributed by atoms with van der Waals surface area (Å²) in [5.41, 5.74) is 2.38. The number of benzene rings is 1. The zero-order chi connectivity index (χ0) is 15.5. The van der Waals surface area contributed by atoms with E-state index in [0.29, 0.717) is 24.8 Å². The highest BCUT2D eigenvalue weighted by atomic mass is 16.2. The van der Waals surface area contributed by atoms with Crippen LogP contribution in [0.15, 0.2) is 42.9 Å². The zero-order valence-electron chi connectivity index (χ0n) is 13.3. The van der Waals surface area contributed by atoms with E-state index in [4.69, 9.17) is 0 Å². The standard InChI is InChI=1S/C18H23N3O/c1-14(2)10-21-13-19-9-17(21)12-20-11-16(8-18(20)22)15-6-4-3-5-7-15/h3-7,9,13-14,16H,8,10-12H2,1-2H3/t16-/m0/s1. The molecule has 22 heavy (non-hydrogen) atoms. The lowest BCUT2D eigenvalue weighted by atomic mass is 9.99. The molecule has 4 heteroatoms. The first-order valence-electron chi connectivity index (χ1n) is 7.95. The van der Waals surface area contributed by atoms with Gasteiger partial charge in [-0.1, -0.05) is 44.2 Å². The van der Waals surface area contributed by atoms with Crippen molar-refractivity contribution in [3.05, 3.63) is 54.1 Å². The first-order valence-corrected chi connectivity index (χ1v) is 7.95. The average Bonchev–Trinajstić information content (AvgIpc) is 3.08. The van der Waals surface area contributed by atoms with Crippen LogP contribution in [0.3, 0.4) is 0 Å². The van der Waals surface area contributed by atoms with Gasteiger partial charge >= 0.3 is 0 Å². The second-order valence-corrected chi connectivity index (χ2v) is 6.52. The van der Waals surface area contributed by atoms with Crippen LogP contribution in [0.4, 0.5) is 0 Å². The summed E-state index contributed by atoms with van der Waals surface area (Å²) in [6.07, 6.45) is 4.36. The summed E-state index contributed by atoms with van der Waals surface area (Å²) in [7, 11) is 0. The molecule has 0 bridgehead atoms. The number of imidazole rings is 1. The molecule has 1 saturated heterocycles. The fourth-order valence-corrected chi connectivity index (χ4v) is 3.11. The minimum Gasteiger partial charge on any atom is -0.336 e. The third kappa shape index (κ3) is 3.21. The molecule has 1 atom stereocenters. The predicted molar refractivity (Wildman–Crippen MR) is 86.3 cm³/mol. The van der Waals surface area contributed by atoms with Crippen LogP contribution in [0.2, 0.25) is 0 Å². The molecule has 3 rings (SSSR count). The number of nitrogens with zero attached hydrogens (tertiary/aromatic N) is 3. The summed E-state index contributed by atoms with van der Waals surface area (Å²) in [5, 5.41) is 0. The molecule has 0 unspecified atom stereocenters. The Morgan fingerprint density at radius 1 is 1.27 bits per heavy atom. The number of carbonyl (C=O) groups is 1. The third-order valence-electron chi connectivity index (χ3n) is 4.20. The first kappa shape index (κ1) is 14.8. The van der Waals surface area contributed by atoms with Gasteiger partial charge in [-0.2, -0.15) is 0 Å².